The summed E-state index contributed by atoms with van der Waals surface area (Å²) in [6, 6.07) is 11.5. The number of nitrogens with one attached hydrogen (secondary N) is 2. The van der Waals surface area contributed by atoms with Gasteiger partial charge in [-0.2, -0.15) is 5.10 Å². The molecule has 3 aromatic rings. The number of benzene rings is 2. The van der Waals surface area contributed by atoms with Gasteiger partial charge in [0.15, 0.2) is 5.82 Å². The molecule has 0 aliphatic rings. The number of carbonyl (C=O) groups excluding carboxylic acids is 1. The van der Waals surface area contributed by atoms with Crippen LogP contribution in [0.1, 0.15) is 35.0 Å². The topological polar surface area (TPSA) is 73.9 Å². The third-order valence-electron chi connectivity index (χ3n) is 3.98. The van der Waals surface area contributed by atoms with E-state index in [2.05, 4.69) is 20.5 Å². The quantitative estimate of drug-likeness (QED) is 0.774. The van der Waals surface area contributed by atoms with Crippen molar-refractivity contribution in [2.24, 2.45) is 0 Å². The largest absolute Gasteiger partial charge is 0.377 e. The summed E-state index contributed by atoms with van der Waals surface area (Å²) >= 11 is 0. The average molecular weight is 323 g/mol. The van der Waals surface area contributed by atoms with Crippen molar-refractivity contribution in [3.8, 4) is 0 Å². The Labute approximate surface area is 140 Å². The van der Waals surface area contributed by atoms with Gasteiger partial charge in [0.05, 0.1) is 6.04 Å². The number of anilines is 1. The molecule has 124 valence electrons. The first-order valence-electron chi connectivity index (χ1n) is 7.86. The highest BCUT2D eigenvalue weighted by molar-refractivity contribution is 6.10. The average Bonchev–Trinajstić information content (AvgIpc) is 3.00. The van der Waals surface area contributed by atoms with Gasteiger partial charge in [0.1, 0.15) is 5.82 Å². The fourth-order valence-electron chi connectivity index (χ4n) is 2.76. The highest BCUT2D eigenvalue weighted by Crippen LogP contribution is 2.28. The summed E-state index contributed by atoms with van der Waals surface area (Å²) in [6.07, 6.45) is 0. The molecule has 0 fully saturated rings. The van der Waals surface area contributed by atoms with E-state index in [9.17, 15) is 4.79 Å². The number of aromatic amines is 1. The van der Waals surface area contributed by atoms with Gasteiger partial charge in [-0.1, -0.05) is 24.3 Å². The van der Waals surface area contributed by atoms with Gasteiger partial charge >= 0.3 is 0 Å². The molecule has 0 spiro atoms. The highest BCUT2D eigenvalue weighted by Gasteiger charge is 2.17. The number of carbonyl (C=O) groups is 1. The van der Waals surface area contributed by atoms with Crippen LogP contribution >= 0.6 is 0 Å². The number of aromatic nitrogens is 3. The van der Waals surface area contributed by atoms with Crippen LogP contribution in [-0.4, -0.2) is 35.2 Å². The summed E-state index contributed by atoms with van der Waals surface area (Å²) in [7, 11) is 3.99. The van der Waals surface area contributed by atoms with E-state index in [-0.39, 0.29) is 11.9 Å². The van der Waals surface area contributed by atoms with Gasteiger partial charge < -0.3 is 10.2 Å². The second kappa shape index (κ2) is 6.31. The summed E-state index contributed by atoms with van der Waals surface area (Å²) in [4.78, 5) is 19.1. The SMILES string of the molecule is Cc1nc([C@H](C)NC(=O)c2ccc(N(C)C)c3ccccc23)n[nH]1. The molecule has 3 rings (SSSR count). The lowest BCUT2D eigenvalue weighted by molar-refractivity contribution is 0.0940. The first kappa shape index (κ1) is 16.0. The molecule has 2 N–H and O–H groups in total. The van der Waals surface area contributed by atoms with Gasteiger partial charge in [0.25, 0.3) is 5.91 Å². The molecule has 0 unspecified atom stereocenters. The van der Waals surface area contributed by atoms with Gasteiger partial charge in [0, 0.05) is 30.7 Å². The number of hydrogen-bond donors (Lipinski definition) is 2. The molecule has 1 amide bonds. The van der Waals surface area contributed by atoms with E-state index in [0.29, 0.717) is 11.4 Å². The molecule has 1 aromatic heterocycles. The minimum atomic E-state index is -0.269. The Morgan fingerprint density at radius 1 is 1.17 bits per heavy atom. The van der Waals surface area contributed by atoms with Gasteiger partial charge in [0.2, 0.25) is 0 Å². The first-order valence-corrected chi connectivity index (χ1v) is 7.86. The Bertz CT molecular complexity index is 884. The van der Waals surface area contributed by atoms with Gasteiger partial charge in [-0.05, 0) is 31.4 Å². The Morgan fingerprint density at radius 3 is 2.50 bits per heavy atom. The zero-order chi connectivity index (χ0) is 17.3. The zero-order valence-corrected chi connectivity index (χ0v) is 14.3. The molecule has 1 heterocycles. The lowest BCUT2D eigenvalue weighted by Gasteiger charge is -2.18. The van der Waals surface area contributed by atoms with Crippen molar-refractivity contribution in [3.63, 3.8) is 0 Å². The van der Waals surface area contributed by atoms with E-state index in [1.54, 1.807) is 0 Å². The van der Waals surface area contributed by atoms with E-state index < -0.39 is 0 Å². The number of nitrogens with zero attached hydrogens (tertiary/aromatic N) is 3. The van der Waals surface area contributed by atoms with Crippen molar-refractivity contribution in [1.82, 2.24) is 20.5 Å². The lowest BCUT2D eigenvalue weighted by atomic mass is 10.0. The summed E-state index contributed by atoms with van der Waals surface area (Å²) in [5.41, 5.74) is 1.73. The maximum Gasteiger partial charge on any atom is 0.252 e. The molecule has 6 nitrogen and oxygen atoms in total. The van der Waals surface area contributed by atoms with Crippen molar-refractivity contribution in [2.75, 3.05) is 19.0 Å². The van der Waals surface area contributed by atoms with Crippen LogP contribution in [0.15, 0.2) is 36.4 Å². The third kappa shape index (κ3) is 2.95. The maximum absolute atomic E-state index is 12.7. The Morgan fingerprint density at radius 2 is 1.88 bits per heavy atom. The van der Waals surface area contributed by atoms with E-state index in [1.807, 2.05) is 69.2 Å². The normalized spacial score (nSPS) is 12.2. The Hall–Kier alpha value is -2.89. The molecule has 2 aromatic carbocycles. The smallest absolute Gasteiger partial charge is 0.252 e. The minimum absolute atomic E-state index is 0.133. The van der Waals surface area contributed by atoms with Gasteiger partial charge in [-0.3, -0.25) is 9.89 Å². The standard InChI is InChI=1S/C18H21N5O/c1-11(17-20-12(2)21-22-17)19-18(24)15-9-10-16(23(3)4)14-8-6-5-7-13(14)15/h5-11H,1-4H3,(H,19,24)(H,20,21,22)/t11-/m0/s1. The first-order chi connectivity index (χ1) is 11.5. The predicted octanol–water partition coefficient (Wildman–Crippen LogP) is 2.82. The number of aryl methyl sites for hydroxylation is 1. The highest BCUT2D eigenvalue weighted by atomic mass is 16.1. The molecule has 0 saturated heterocycles. The van der Waals surface area contributed by atoms with E-state index >= 15 is 0 Å². The van der Waals surface area contributed by atoms with Gasteiger partial charge in [-0.25, -0.2) is 4.98 Å². The van der Waals surface area contributed by atoms with Crippen molar-refractivity contribution < 1.29 is 4.79 Å². The Kier molecular flexibility index (Phi) is 4.20. The molecular formula is C18H21N5O. The summed E-state index contributed by atoms with van der Waals surface area (Å²) in [6.45, 7) is 3.70. The second-order valence-corrected chi connectivity index (χ2v) is 6.05. The van der Waals surface area contributed by atoms with Crippen LogP contribution < -0.4 is 10.2 Å². The van der Waals surface area contributed by atoms with Crippen LogP contribution in [0.4, 0.5) is 5.69 Å². The van der Waals surface area contributed by atoms with Crippen molar-refractivity contribution in [1.29, 1.82) is 0 Å². The second-order valence-electron chi connectivity index (χ2n) is 6.05. The number of amides is 1. The molecule has 6 heteroatoms. The molecule has 0 radical (unpaired) electrons. The number of H-pyrrole nitrogens is 1. The Balaban J connectivity index is 1.94. The number of rotatable bonds is 4. The lowest BCUT2D eigenvalue weighted by Crippen LogP contribution is -2.27. The third-order valence-corrected chi connectivity index (χ3v) is 3.98. The maximum atomic E-state index is 12.7. The summed E-state index contributed by atoms with van der Waals surface area (Å²) in [5.74, 6) is 1.17. The molecule has 1 atom stereocenters. The fourth-order valence-corrected chi connectivity index (χ4v) is 2.76. The molecule has 24 heavy (non-hydrogen) atoms. The van der Waals surface area contributed by atoms with Gasteiger partial charge in [-0.15, -0.1) is 0 Å². The minimum Gasteiger partial charge on any atom is -0.377 e. The van der Waals surface area contributed by atoms with Crippen LogP contribution in [0.3, 0.4) is 0 Å². The zero-order valence-electron chi connectivity index (χ0n) is 14.3. The summed E-state index contributed by atoms with van der Waals surface area (Å²) in [5, 5.41) is 11.9. The van der Waals surface area contributed by atoms with Crippen LogP contribution in [0.25, 0.3) is 10.8 Å². The van der Waals surface area contributed by atoms with E-state index in [1.165, 1.54) is 0 Å². The number of hydrogen-bond acceptors (Lipinski definition) is 4. The monoisotopic (exact) mass is 323 g/mol. The van der Waals surface area contributed by atoms with Crippen molar-refractivity contribution in [2.45, 2.75) is 19.9 Å². The summed E-state index contributed by atoms with van der Waals surface area (Å²) < 4.78 is 0. The van der Waals surface area contributed by atoms with Crippen LogP contribution in [0.2, 0.25) is 0 Å². The van der Waals surface area contributed by atoms with Crippen molar-refractivity contribution in [3.05, 3.63) is 53.6 Å². The molecular weight excluding hydrogens is 302 g/mol. The van der Waals surface area contributed by atoms with Crippen molar-refractivity contribution >= 4 is 22.4 Å². The van der Waals surface area contributed by atoms with Crippen LogP contribution in [0.5, 0.6) is 0 Å². The molecule has 0 aliphatic carbocycles. The van der Waals surface area contributed by atoms with E-state index in [0.717, 1.165) is 22.3 Å². The molecule has 0 saturated carbocycles. The predicted molar refractivity (Wildman–Crippen MR) is 95.3 cm³/mol. The van der Waals surface area contributed by atoms with E-state index in [4.69, 9.17) is 0 Å². The number of fused-ring (bicyclic) bond motifs is 1. The van der Waals surface area contributed by atoms with Crippen LogP contribution in [0, 0.1) is 6.92 Å². The van der Waals surface area contributed by atoms with Crippen LogP contribution in [-0.2, 0) is 0 Å². The molecule has 0 aliphatic heterocycles. The fraction of sp³-hybridized carbons (Fsp3) is 0.278. The molecule has 0 bridgehead atoms.